The van der Waals surface area contributed by atoms with E-state index >= 15 is 0 Å². The fraction of sp³-hybridized carbons (Fsp3) is 0.412. The highest BCUT2D eigenvalue weighted by Gasteiger charge is 2.36. The van der Waals surface area contributed by atoms with Crippen LogP contribution in [0.15, 0.2) is 28.9 Å². The molecule has 2 aromatic rings. The number of hydrogen-bond acceptors (Lipinski definition) is 5. The number of rotatable bonds is 5. The number of nitrogens with one attached hydrogen (secondary N) is 2. The van der Waals surface area contributed by atoms with E-state index in [1.165, 1.54) is 4.88 Å². The van der Waals surface area contributed by atoms with Gasteiger partial charge in [-0.3, -0.25) is 5.10 Å². The minimum Gasteiger partial charge on any atom is -0.463 e. The average molecular weight is 331 g/mol. The minimum atomic E-state index is -0.245. The van der Waals surface area contributed by atoms with Crippen molar-refractivity contribution < 1.29 is 9.53 Å². The Kier molecular flexibility index (Phi) is 4.52. The Morgan fingerprint density at radius 3 is 2.87 bits per heavy atom. The zero-order valence-electron chi connectivity index (χ0n) is 13.6. The third-order valence-electron chi connectivity index (χ3n) is 4.07. The number of carbonyl (C=O) groups excluding carboxylic acids is 1. The van der Waals surface area contributed by atoms with Gasteiger partial charge in [0.15, 0.2) is 0 Å². The lowest BCUT2D eigenvalue weighted by Gasteiger charge is -2.28. The molecule has 0 amide bonds. The van der Waals surface area contributed by atoms with Crippen LogP contribution in [0.4, 0.5) is 5.82 Å². The van der Waals surface area contributed by atoms with Gasteiger partial charge in [0.1, 0.15) is 5.82 Å². The Morgan fingerprint density at radius 2 is 2.22 bits per heavy atom. The van der Waals surface area contributed by atoms with Gasteiger partial charge in [-0.15, -0.1) is 11.3 Å². The largest absolute Gasteiger partial charge is 0.463 e. The van der Waals surface area contributed by atoms with Crippen LogP contribution in [0.5, 0.6) is 0 Å². The van der Waals surface area contributed by atoms with Crippen molar-refractivity contribution in [2.45, 2.75) is 39.5 Å². The van der Waals surface area contributed by atoms with Crippen LogP contribution in [0.25, 0.3) is 0 Å². The van der Waals surface area contributed by atoms with E-state index in [0.717, 1.165) is 35.5 Å². The molecule has 0 saturated heterocycles. The lowest BCUT2D eigenvalue weighted by Crippen LogP contribution is -2.25. The van der Waals surface area contributed by atoms with Gasteiger partial charge >= 0.3 is 5.97 Å². The van der Waals surface area contributed by atoms with Gasteiger partial charge in [0.2, 0.25) is 0 Å². The van der Waals surface area contributed by atoms with E-state index in [2.05, 4.69) is 40.8 Å². The van der Waals surface area contributed by atoms with E-state index < -0.39 is 0 Å². The topological polar surface area (TPSA) is 67.0 Å². The van der Waals surface area contributed by atoms with Crippen molar-refractivity contribution in [2.24, 2.45) is 0 Å². The van der Waals surface area contributed by atoms with Crippen LogP contribution in [0, 0.1) is 6.92 Å². The highest BCUT2D eigenvalue weighted by molar-refractivity contribution is 7.10. The molecule has 6 heteroatoms. The second kappa shape index (κ2) is 6.58. The Morgan fingerprint density at radius 1 is 1.39 bits per heavy atom. The highest BCUT2D eigenvalue weighted by Crippen LogP contribution is 2.44. The van der Waals surface area contributed by atoms with Crippen LogP contribution in [-0.2, 0) is 9.53 Å². The smallest absolute Gasteiger partial charge is 0.336 e. The number of allylic oxidation sites excluding steroid dienone is 1. The summed E-state index contributed by atoms with van der Waals surface area (Å²) in [7, 11) is 0. The molecule has 3 rings (SSSR count). The monoisotopic (exact) mass is 331 g/mol. The summed E-state index contributed by atoms with van der Waals surface area (Å²) in [6, 6.07) is 2.09. The zero-order valence-corrected chi connectivity index (χ0v) is 14.4. The summed E-state index contributed by atoms with van der Waals surface area (Å²) in [5, 5.41) is 12.6. The SMILES string of the molecule is CCCC1=C(C(=O)OCC)C(c2ccsc2C)c2cn[nH]c2N1. The Hall–Kier alpha value is -2.08. The molecule has 2 N–H and O–H groups in total. The molecule has 0 radical (unpaired) electrons. The summed E-state index contributed by atoms with van der Waals surface area (Å²) in [6.45, 7) is 6.40. The van der Waals surface area contributed by atoms with Crippen molar-refractivity contribution >= 4 is 23.1 Å². The first-order valence-electron chi connectivity index (χ1n) is 7.91. The summed E-state index contributed by atoms with van der Waals surface area (Å²) in [6.07, 6.45) is 3.54. The maximum atomic E-state index is 12.7. The molecular weight excluding hydrogens is 310 g/mol. The number of thiophene rings is 1. The number of esters is 1. The Bertz CT molecular complexity index is 745. The van der Waals surface area contributed by atoms with Crippen LogP contribution in [0.3, 0.4) is 0 Å². The molecule has 0 aliphatic carbocycles. The highest BCUT2D eigenvalue weighted by atomic mass is 32.1. The zero-order chi connectivity index (χ0) is 16.4. The van der Waals surface area contributed by atoms with Gasteiger partial charge in [-0.1, -0.05) is 13.3 Å². The first-order valence-corrected chi connectivity index (χ1v) is 8.79. The van der Waals surface area contributed by atoms with E-state index in [-0.39, 0.29) is 11.9 Å². The van der Waals surface area contributed by atoms with E-state index in [4.69, 9.17) is 4.74 Å². The van der Waals surface area contributed by atoms with Crippen molar-refractivity contribution in [1.29, 1.82) is 0 Å². The predicted molar refractivity (Wildman–Crippen MR) is 91.7 cm³/mol. The number of nitrogens with zero attached hydrogens (tertiary/aromatic N) is 1. The molecular formula is C17H21N3O2S. The number of aromatic amines is 1. The van der Waals surface area contributed by atoms with Gasteiger partial charge in [-0.25, -0.2) is 4.79 Å². The molecule has 122 valence electrons. The Balaban J connectivity index is 2.17. The fourth-order valence-corrected chi connectivity index (χ4v) is 3.82. The summed E-state index contributed by atoms with van der Waals surface area (Å²) in [5.74, 6) is 0.500. The molecule has 1 unspecified atom stereocenters. The van der Waals surface area contributed by atoms with Gasteiger partial charge in [0.05, 0.1) is 18.4 Å². The molecule has 0 aromatic carbocycles. The van der Waals surface area contributed by atoms with Crippen molar-refractivity contribution in [3.05, 3.63) is 44.9 Å². The molecule has 3 heterocycles. The third-order valence-corrected chi connectivity index (χ3v) is 4.94. The van der Waals surface area contributed by atoms with Gasteiger partial charge in [0, 0.05) is 22.1 Å². The maximum Gasteiger partial charge on any atom is 0.336 e. The minimum absolute atomic E-state index is 0.128. The number of aryl methyl sites for hydroxylation is 1. The molecule has 5 nitrogen and oxygen atoms in total. The number of ether oxygens (including phenoxy) is 1. The number of hydrogen-bond donors (Lipinski definition) is 2. The fourth-order valence-electron chi connectivity index (χ4n) is 3.08. The van der Waals surface area contributed by atoms with Gasteiger partial charge < -0.3 is 10.1 Å². The molecule has 23 heavy (non-hydrogen) atoms. The first kappa shape index (κ1) is 15.8. The molecule has 1 aliphatic heterocycles. The number of carbonyl (C=O) groups is 1. The molecule has 0 fully saturated rings. The van der Waals surface area contributed by atoms with Gasteiger partial charge in [-0.05, 0) is 37.3 Å². The first-order chi connectivity index (χ1) is 11.2. The molecule has 0 spiro atoms. The molecule has 0 saturated carbocycles. The van der Waals surface area contributed by atoms with Crippen LogP contribution < -0.4 is 5.32 Å². The normalized spacial score (nSPS) is 16.9. The third kappa shape index (κ3) is 2.79. The lowest BCUT2D eigenvalue weighted by atomic mass is 9.82. The number of anilines is 1. The molecule has 1 atom stereocenters. The standard InChI is InChI=1S/C17H21N3O2S/c1-4-6-13-15(17(21)22-5-2)14(11-7-8-23-10(11)3)12-9-18-20-16(12)19-13/h7-9,14H,4-6H2,1-3H3,(H2,18,19,20). The maximum absolute atomic E-state index is 12.7. The van der Waals surface area contributed by atoms with Crippen molar-refractivity contribution in [2.75, 3.05) is 11.9 Å². The number of fused-ring (bicyclic) bond motifs is 1. The van der Waals surface area contributed by atoms with E-state index in [1.807, 2.05) is 6.92 Å². The van der Waals surface area contributed by atoms with Gasteiger partial charge in [-0.2, -0.15) is 5.10 Å². The van der Waals surface area contributed by atoms with Crippen molar-refractivity contribution in [1.82, 2.24) is 10.2 Å². The summed E-state index contributed by atoms with van der Waals surface area (Å²) in [5.41, 5.74) is 3.78. The summed E-state index contributed by atoms with van der Waals surface area (Å²) >= 11 is 1.69. The molecule has 1 aliphatic rings. The quantitative estimate of drug-likeness (QED) is 0.814. The number of H-pyrrole nitrogens is 1. The summed E-state index contributed by atoms with van der Waals surface area (Å²) in [4.78, 5) is 13.9. The second-order valence-corrected chi connectivity index (χ2v) is 6.67. The lowest BCUT2D eigenvalue weighted by molar-refractivity contribution is -0.138. The number of aromatic nitrogens is 2. The average Bonchev–Trinajstić information content (AvgIpc) is 3.15. The van der Waals surface area contributed by atoms with Gasteiger partial charge in [0.25, 0.3) is 0 Å². The van der Waals surface area contributed by atoms with Crippen LogP contribution in [-0.4, -0.2) is 22.8 Å². The van der Waals surface area contributed by atoms with E-state index in [9.17, 15) is 4.79 Å². The predicted octanol–water partition coefficient (Wildman–Crippen LogP) is 3.95. The van der Waals surface area contributed by atoms with E-state index in [1.54, 1.807) is 17.5 Å². The summed E-state index contributed by atoms with van der Waals surface area (Å²) < 4.78 is 5.35. The van der Waals surface area contributed by atoms with Crippen LogP contribution >= 0.6 is 11.3 Å². The Labute approximate surface area is 139 Å². The molecule has 0 bridgehead atoms. The van der Waals surface area contributed by atoms with Crippen molar-refractivity contribution in [3.8, 4) is 0 Å². The molecule has 2 aromatic heterocycles. The van der Waals surface area contributed by atoms with Crippen LogP contribution in [0.2, 0.25) is 0 Å². The van der Waals surface area contributed by atoms with Crippen molar-refractivity contribution in [3.63, 3.8) is 0 Å². The van der Waals surface area contributed by atoms with Crippen LogP contribution in [0.1, 0.15) is 48.6 Å². The van der Waals surface area contributed by atoms with E-state index in [0.29, 0.717) is 12.2 Å². The second-order valence-electron chi connectivity index (χ2n) is 5.55.